The number of hydrogen-bond acceptors (Lipinski definition) is 3. The van der Waals surface area contributed by atoms with Gasteiger partial charge in [-0.05, 0) is 37.0 Å². The average molecular weight is 279 g/mol. The Balaban J connectivity index is 2.10. The fourth-order valence-corrected chi connectivity index (χ4v) is 4.25. The fourth-order valence-electron chi connectivity index (χ4n) is 2.63. The van der Waals surface area contributed by atoms with Gasteiger partial charge in [-0.15, -0.1) is 0 Å². The Bertz CT molecular complexity index is 717. The van der Waals surface area contributed by atoms with Crippen LogP contribution in [0.2, 0.25) is 0 Å². The van der Waals surface area contributed by atoms with Gasteiger partial charge in [0.25, 0.3) is 0 Å². The number of allylic oxidation sites excluding steroid dienone is 1. The highest BCUT2D eigenvalue weighted by Crippen LogP contribution is 2.34. The fraction of sp³-hybridized carbons (Fsp3) is 0.357. The van der Waals surface area contributed by atoms with E-state index in [2.05, 4.69) is 4.99 Å². The van der Waals surface area contributed by atoms with Gasteiger partial charge in [0.05, 0.1) is 10.6 Å². The summed E-state index contributed by atoms with van der Waals surface area (Å²) in [6, 6.07) is 5.20. The van der Waals surface area contributed by atoms with Crippen LogP contribution in [0.25, 0.3) is 5.57 Å². The minimum atomic E-state index is -3.21. The monoisotopic (exact) mass is 279 g/mol. The lowest BCUT2D eigenvalue weighted by molar-refractivity contribution is 0.586. The molecule has 0 bridgehead atoms. The van der Waals surface area contributed by atoms with Crippen LogP contribution in [0.3, 0.4) is 0 Å². The van der Waals surface area contributed by atoms with E-state index < -0.39 is 15.8 Å². The maximum atomic E-state index is 13.7. The molecule has 0 spiro atoms. The van der Waals surface area contributed by atoms with Gasteiger partial charge in [0.2, 0.25) is 5.95 Å². The van der Waals surface area contributed by atoms with Crippen molar-refractivity contribution in [1.29, 1.82) is 0 Å². The number of sulfone groups is 1. The summed E-state index contributed by atoms with van der Waals surface area (Å²) in [5, 5.41) is 0. The normalized spacial score (nSPS) is 21.3. The predicted octanol–water partition coefficient (Wildman–Crippen LogP) is 2.91. The molecular weight excluding hydrogens is 265 g/mol. The van der Waals surface area contributed by atoms with Crippen LogP contribution in [0, 0.1) is 0 Å². The van der Waals surface area contributed by atoms with Crippen molar-refractivity contribution in [2.75, 3.05) is 5.75 Å². The molecule has 1 aromatic rings. The van der Waals surface area contributed by atoms with Crippen molar-refractivity contribution in [2.24, 2.45) is 4.99 Å². The zero-order chi connectivity index (χ0) is 13.6. The number of benzene rings is 1. The lowest BCUT2D eigenvalue weighted by Gasteiger charge is -2.17. The van der Waals surface area contributed by atoms with E-state index in [0.29, 0.717) is 34.6 Å². The molecule has 2 heterocycles. The molecule has 0 saturated carbocycles. The van der Waals surface area contributed by atoms with E-state index in [4.69, 9.17) is 0 Å². The van der Waals surface area contributed by atoms with Gasteiger partial charge >= 0.3 is 0 Å². The zero-order valence-corrected chi connectivity index (χ0v) is 11.4. The van der Waals surface area contributed by atoms with E-state index in [1.807, 2.05) is 0 Å². The third-order valence-corrected chi connectivity index (χ3v) is 5.46. The van der Waals surface area contributed by atoms with Crippen LogP contribution in [-0.2, 0) is 16.3 Å². The quantitative estimate of drug-likeness (QED) is 0.742. The van der Waals surface area contributed by atoms with Crippen LogP contribution in [0.1, 0.15) is 30.9 Å². The molecule has 1 aromatic carbocycles. The number of halogens is 1. The Hall–Kier alpha value is -1.49. The second-order valence-electron chi connectivity index (χ2n) is 5.04. The summed E-state index contributed by atoms with van der Waals surface area (Å²) in [7, 11) is -3.21. The molecule has 3 rings (SSSR count). The van der Waals surface area contributed by atoms with E-state index in [0.717, 1.165) is 12.0 Å². The van der Waals surface area contributed by atoms with E-state index in [1.165, 1.54) is 0 Å². The summed E-state index contributed by atoms with van der Waals surface area (Å²) in [5.41, 5.74) is 2.67. The first kappa shape index (κ1) is 12.5. The van der Waals surface area contributed by atoms with Crippen molar-refractivity contribution >= 4 is 21.1 Å². The van der Waals surface area contributed by atoms with Crippen molar-refractivity contribution in [3.8, 4) is 0 Å². The smallest absolute Gasteiger partial charge is 0.216 e. The summed E-state index contributed by atoms with van der Waals surface area (Å²) in [6.45, 7) is 1.77. The molecule has 0 N–H and O–H groups in total. The molecule has 0 aromatic heterocycles. The molecule has 100 valence electrons. The van der Waals surface area contributed by atoms with E-state index in [9.17, 15) is 12.8 Å². The van der Waals surface area contributed by atoms with E-state index in [-0.39, 0.29) is 5.75 Å². The van der Waals surface area contributed by atoms with Crippen LogP contribution in [0.4, 0.5) is 4.39 Å². The second-order valence-corrected chi connectivity index (χ2v) is 7.12. The van der Waals surface area contributed by atoms with Gasteiger partial charge < -0.3 is 0 Å². The van der Waals surface area contributed by atoms with Crippen molar-refractivity contribution in [2.45, 2.75) is 31.1 Å². The molecule has 19 heavy (non-hydrogen) atoms. The number of hydrogen-bond donors (Lipinski definition) is 0. The second kappa shape index (κ2) is 4.27. The van der Waals surface area contributed by atoms with Crippen LogP contribution < -0.4 is 0 Å². The zero-order valence-electron chi connectivity index (χ0n) is 10.6. The summed E-state index contributed by atoms with van der Waals surface area (Å²) in [4.78, 5) is 4.14. The molecule has 3 nitrogen and oxygen atoms in total. The number of aryl methyl sites for hydroxylation is 1. The van der Waals surface area contributed by atoms with Crippen molar-refractivity contribution in [1.82, 2.24) is 0 Å². The highest BCUT2D eigenvalue weighted by molar-refractivity contribution is 7.91. The maximum Gasteiger partial charge on any atom is 0.216 e. The van der Waals surface area contributed by atoms with Gasteiger partial charge in [-0.2, -0.15) is 4.39 Å². The molecule has 0 amide bonds. The van der Waals surface area contributed by atoms with Crippen LogP contribution in [0.5, 0.6) is 0 Å². The largest absolute Gasteiger partial charge is 0.229 e. The van der Waals surface area contributed by atoms with Crippen LogP contribution in [0.15, 0.2) is 34.0 Å². The van der Waals surface area contributed by atoms with Gasteiger partial charge in [-0.1, -0.05) is 12.1 Å². The van der Waals surface area contributed by atoms with Gasteiger partial charge in [-0.3, -0.25) is 0 Å². The number of fused-ring (bicyclic) bond motifs is 1. The van der Waals surface area contributed by atoms with Crippen LogP contribution in [-0.4, -0.2) is 19.9 Å². The number of aliphatic imine (C=N–C) groups is 1. The molecule has 2 aliphatic heterocycles. The Kier molecular flexibility index (Phi) is 2.82. The number of rotatable bonds is 1. The van der Waals surface area contributed by atoms with Gasteiger partial charge in [0.15, 0.2) is 9.84 Å². The highest BCUT2D eigenvalue weighted by atomic mass is 32.2. The molecule has 5 heteroatoms. The molecular formula is C14H14FNO2S. The first-order chi connectivity index (χ1) is 8.97. The first-order valence-corrected chi connectivity index (χ1v) is 7.91. The molecule has 2 aliphatic rings. The lowest BCUT2D eigenvalue weighted by atomic mass is 10.00. The minimum Gasteiger partial charge on any atom is -0.229 e. The van der Waals surface area contributed by atoms with Gasteiger partial charge in [0, 0.05) is 17.7 Å². The third kappa shape index (κ3) is 2.12. The third-order valence-electron chi connectivity index (χ3n) is 3.58. The Morgan fingerprint density at radius 2 is 2.11 bits per heavy atom. The molecule has 0 saturated heterocycles. The lowest BCUT2D eigenvalue weighted by Crippen LogP contribution is -2.16. The molecule has 0 radical (unpaired) electrons. The molecule has 0 atom stereocenters. The number of nitrogens with zero attached hydrogens (tertiary/aromatic N) is 1. The predicted molar refractivity (Wildman–Crippen MR) is 72.6 cm³/mol. The van der Waals surface area contributed by atoms with Crippen molar-refractivity contribution in [3.05, 3.63) is 35.3 Å². The van der Waals surface area contributed by atoms with Gasteiger partial charge in [0.1, 0.15) is 0 Å². The standard InChI is InChI=1S/C14H14FNO2S/c1-9-7-12(14(15)16-9)11-5-4-10-3-2-6-19(17,18)13(10)8-11/h4-5,8H,2-3,6-7H2,1H3. The Morgan fingerprint density at radius 3 is 2.79 bits per heavy atom. The first-order valence-electron chi connectivity index (χ1n) is 6.26. The van der Waals surface area contributed by atoms with Crippen molar-refractivity contribution in [3.63, 3.8) is 0 Å². The summed E-state index contributed by atoms with van der Waals surface area (Å²) >= 11 is 0. The SMILES string of the molecule is CC1=NC(F)=C(c2ccc3c(c2)S(=O)(=O)CCC3)C1. The average Bonchev–Trinajstić information content (AvgIpc) is 2.68. The summed E-state index contributed by atoms with van der Waals surface area (Å²) in [6.07, 6.45) is 1.88. The summed E-state index contributed by atoms with van der Waals surface area (Å²) in [5.74, 6) is -0.314. The Morgan fingerprint density at radius 1 is 1.32 bits per heavy atom. The van der Waals surface area contributed by atoms with Crippen LogP contribution >= 0.6 is 0 Å². The molecule has 0 fully saturated rings. The minimum absolute atomic E-state index is 0.181. The molecule has 0 unspecified atom stereocenters. The van der Waals surface area contributed by atoms with E-state index >= 15 is 0 Å². The van der Waals surface area contributed by atoms with Crippen molar-refractivity contribution < 1.29 is 12.8 Å². The van der Waals surface area contributed by atoms with Gasteiger partial charge in [-0.25, -0.2) is 13.4 Å². The molecule has 0 aliphatic carbocycles. The summed E-state index contributed by atoms with van der Waals surface area (Å²) < 4.78 is 37.8. The topological polar surface area (TPSA) is 46.5 Å². The van der Waals surface area contributed by atoms with E-state index in [1.54, 1.807) is 25.1 Å². The maximum absolute atomic E-state index is 13.7. The Labute approximate surface area is 111 Å². The highest BCUT2D eigenvalue weighted by Gasteiger charge is 2.25.